The summed E-state index contributed by atoms with van der Waals surface area (Å²) in [5, 5.41) is 0. The van der Waals surface area contributed by atoms with Crippen molar-refractivity contribution in [3.8, 4) is 22.3 Å². The smallest absolute Gasteiger partial charge is 0.252 e. The first-order chi connectivity index (χ1) is 38.9. The zero-order chi connectivity index (χ0) is 55.8. The van der Waals surface area contributed by atoms with Crippen molar-refractivity contribution in [3.63, 3.8) is 0 Å². The van der Waals surface area contributed by atoms with Crippen LogP contribution in [-0.4, -0.2) is 6.71 Å². The number of anilines is 8. The first-order valence-electron chi connectivity index (χ1n) is 29.4. The molecule has 1 aliphatic carbocycles. The zero-order valence-corrected chi connectivity index (χ0v) is 48.8. The third-order valence-electron chi connectivity index (χ3n) is 18.9. The van der Waals surface area contributed by atoms with E-state index < -0.39 is 11.0 Å². The molecule has 3 aliphatic heterocycles. The third kappa shape index (κ3) is 7.84. The molecule has 2 atom stereocenters. The van der Waals surface area contributed by atoms with Gasteiger partial charge >= 0.3 is 0 Å². The molecule has 398 valence electrons. The lowest BCUT2D eigenvalue weighted by Crippen LogP contribution is -2.61. The van der Waals surface area contributed by atoms with E-state index in [4.69, 9.17) is 0 Å². The normalized spacial score (nSPS) is 17.9. The highest BCUT2D eigenvalue weighted by Crippen LogP contribution is 2.67. The van der Waals surface area contributed by atoms with Crippen LogP contribution in [0.15, 0.2) is 231 Å². The molecule has 10 aromatic carbocycles. The minimum Gasteiger partial charge on any atom is -0.330 e. The van der Waals surface area contributed by atoms with E-state index in [1.807, 2.05) is 0 Å². The van der Waals surface area contributed by atoms with Crippen molar-refractivity contribution in [2.75, 3.05) is 14.7 Å². The topological polar surface area (TPSA) is 9.72 Å². The number of hydrogen-bond donors (Lipinski definition) is 0. The van der Waals surface area contributed by atoms with Crippen molar-refractivity contribution in [2.45, 2.75) is 109 Å². The molecule has 3 heterocycles. The van der Waals surface area contributed by atoms with Crippen molar-refractivity contribution in [1.82, 2.24) is 0 Å². The number of aryl methyl sites for hydroxylation is 1. The summed E-state index contributed by atoms with van der Waals surface area (Å²) in [5.41, 5.74) is 26.6. The summed E-state index contributed by atoms with van der Waals surface area (Å²) in [6, 6.07) is 88.9. The molecule has 0 spiro atoms. The molecule has 0 saturated carbocycles. The summed E-state index contributed by atoms with van der Waals surface area (Å²) in [6.45, 7) is 23.7. The van der Waals surface area contributed by atoms with Crippen LogP contribution in [-0.2, 0) is 33.6 Å². The van der Waals surface area contributed by atoms with Crippen molar-refractivity contribution >= 4 is 68.6 Å². The van der Waals surface area contributed by atoms with Gasteiger partial charge in [0.05, 0.1) is 11.0 Å². The van der Waals surface area contributed by atoms with Crippen LogP contribution in [0.1, 0.15) is 115 Å². The highest BCUT2D eigenvalue weighted by molar-refractivity contribution is 7.00. The third-order valence-corrected chi connectivity index (χ3v) is 18.9. The van der Waals surface area contributed by atoms with Gasteiger partial charge in [-0.2, -0.15) is 0 Å². The minimum atomic E-state index is -0.559. The largest absolute Gasteiger partial charge is 0.330 e. The standard InChI is InChI=1S/C77H72BN3/c1-73(2,3)57-32-23-34-61(46-57)80-69-48-59(75(7,8)9)37-40-66(69)78-65-39-36-55(52-26-16-12-17-27-52)45-68(65)79(60-33-22-29-54(44-60)51-24-14-11-15-25-51)70-49-62(50-71(80)72(70)78)81-67-41-38-58(74(4,5)6)47-64(67)77(56-30-18-13-19-31-56)43-42-53-28-20-21-35-63(53)76(77,81)10/h11-41,44-50H,42-43H2,1-10H3. The van der Waals surface area contributed by atoms with Crippen LogP contribution in [0.25, 0.3) is 22.3 Å². The van der Waals surface area contributed by atoms with E-state index >= 15 is 0 Å². The molecule has 4 heteroatoms. The predicted molar refractivity (Wildman–Crippen MR) is 345 cm³/mol. The number of benzene rings is 10. The Kier molecular flexibility index (Phi) is 11.5. The zero-order valence-electron chi connectivity index (χ0n) is 48.8. The van der Waals surface area contributed by atoms with Gasteiger partial charge in [-0.15, -0.1) is 0 Å². The first-order valence-corrected chi connectivity index (χ1v) is 29.4. The van der Waals surface area contributed by atoms with Gasteiger partial charge in [-0.05, 0) is 168 Å². The monoisotopic (exact) mass is 1050 g/mol. The van der Waals surface area contributed by atoms with E-state index in [-0.39, 0.29) is 23.0 Å². The Labute approximate surface area is 481 Å². The lowest BCUT2D eigenvalue weighted by atomic mass is 9.33. The summed E-state index contributed by atoms with van der Waals surface area (Å²) < 4.78 is 0. The van der Waals surface area contributed by atoms with E-state index in [1.54, 1.807) is 0 Å². The summed E-state index contributed by atoms with van der Waals surface area (Å²) >= 11 is 0. The number of rotatable bonds is 6. The number of fused-ring (bicyclic) bond motifs is 9. The van der Waals surface area contributed by atoms with E-state index in [0.29, 0.717) is 0 Å². The van der Waals surface area contributed by atoms with Crippen LogP contribution in [0.4, 0.5) is 45.5 Å². The molecule has 4 aliphatic rings. The van der Waals surface area contributed by atoms with Gasteiger partial charge in [-0.3, -0.25) is 0 Å². The van der Waals surface area contributed by atoms with Crippen molar-refractivity contribution in [1.29, 1.82) is 0 Å². The maximum atomic E-state index is 2.81. The van der Waals surface area contributed by atoms with Crippen molar-refractivity contribution < 1.29 is 0 Å². The molecular weight excluding hydrogens is 978 g/mol. The lowest BCUT2D eigenvalue weighted by Gasteiger charge is -2.53. The molecule has 2 unspecified atom stereocenters. The first kappa shape index (κ1) is 50.9. The molecule has 0 bridgehead atoms. The molecule has 0 saturated heterocycles. The van der Waals surface area contributed by atoms with E-state index in [2.05, 4.69) is 314 Å². The quantitative estimate of drug-likeness (QED) is 0.154. The van der Waals surface area contributed by atoms with Crippen LogP contribution >= 0.6 is 0 Å². The average molecular weight is 1050 g/mol. The SMILES string of the molecule is CC(C)(C)c1cccc(N2c3cc(C(C)(C)C)ccc3B3c4ccc(-c5ccccc5)cc4N(c4cccc(-c5ccccc5)c4)c4cc(N5c6ccc(C(C)(C)C)cc6C6(c7ccccc7)CCc7ccccc7C56C)cc2c43)c1. The van der Waals surface area contributed by atoms with Gasteiger partial charge in [0.25, 0.3) is 6.71 Å². The molecule has 0 amide bonds. The fraction of sp³-hybridized carbons (Fsp3) is 0.221. The Morgan fingerprint density at radius 3 is 1.52 bits per heavy atom. The van der Waals surface area contributed by atoms with Crippen molar-refractivity contribution in [3.05, 3.63) is 269 Å². The molecule has 3 nitrogen and oxygen atoms in total. The summed E-state index contributed by atoms with van der Waals surface area (Å²) in [6.07, 6.45) is 1.96. The van der Waals surface area contributed by atoms with Crippen LogP contribution in [0, 0.1) is 0 Å². The highest BCUT2D eigenvalue weighted by Gasteiger charge is 2.63. The average Bonchev–Trinajstić information content (AvgIpc) is 2.39. The summed E-state index contributed by atoms with van der Waals surface area (Å²) in [5.74, 6) is 0. The lowest BCUT2D eigenvalue weighted by molar-refractivity contribution is 0.270. The van der Waals surface area contributed by atoms with Gasteiger partial charge in [0.1, 0.15) is 0 Å². The second-order valence-electron chi connectivity index (χ2n) is 26.7. The summed E-state index contributed by atoms with van der Waals surface area (Å²) in [7, 11) is 0. The molecule has 0 fully saturated rings. The molecule has 14 rings (SSSR count). The van der Waals surface area contributed by atoms with Gasteiger partial charge in [0, 0.05) is 45.5 Å². The fourth-order valence-electron chi connectivity index (χ4n) is 14.7. The van der Waals surface area contributed by atoms with Crippen molar-refractivity contribution in [2.24, 2.45) is 0 Å². The fourth-order valence-corrected chi connectivity index (χ4v) is 14.7. The molecule has 0 aromatic heterocycles. The Bertz CT molecular complexity index is 4100. The molecule has 81 heavy (non-hydrogen) atoms. The van der Waals surface area contributed by atoms with E-state index in [9.17, 15) is 0 Å². The van der Waals surface area contributed by atoms with Crippen LogP contribution < -0.4 is 31.1 Å². The maximum absolute atomic E-state index is 2.81. The van der Waals surface area contributed by atoms with Gasteiger partial charge < -0.3 is 14.7 Å². The predicted octanol–water partition coefficient (Wildman–Crippen LogP) is 18.3. The summed E-state index contributed by atoms with van der Waals surface area (Å²) in [4.78, 5) is 8.10. The number of nitrogens with zero attached hydrogens (tertiary/aromatic N) is 3. The second kappa shape index (κ2) is 18.3. The Morgan fingerprint density at radius 2 is 0.877 bits per heavy atom. The highest BCUT2D eigenvalue weighted by atomic mass is 15.3. The van der Waals surface area contributed by atoms with Crippen LogP contribution in [0.5, 0.6) is 0 Å². The van der Waals surface area contributed by atoms with E-state index in [0.717, 1.165) is 18.5 Å². The molecule has 10 aromatic rings. The molecule has 0 radical (unpaired) electrons. The second-order valence-corrected chi connectivity index (χ2v) is 26.7. The van der Waals surface area contributed by atoms with Gasteiger partial charge in [-0.25, -0.2) is 0 Å². The molecular formula is C77H72BN3. The van der Waals surface area contributed by atoms with Gasteiger partial charge in [0.15, 0.2) is 0 Å². The Hall–Kier alpha value is -8.34. The van der Waals surface area contributed by atoms with E-state index in [1.165, 1.54) is 117 Å². The minimum absolute atomic E-state index is 0.0590. The maximum Gasteiger partial charge on any atom is 0.252 e. The van der Waals surface area contributed by atoms with Gasteiger partial charge in [-0.1, -0.05) is 238 Å². The van der Waals surface area contributed by atoms with Crippen LogP contribution in [0.3, 0.4) is 0 Å². The Morgan fingerprint density at radius 1 is 0.370 bits per heavy atom. The number of hydrogen-bond acceptors (Lipinski definition) is 3. The van der Waals surface area contributed by atoms with Gasteiger partial charge in [0.2, 0.25) is 0 Å². The van der Waals surface area contributed by atoms with Crippen LogP contribution in [0.2, 0.25) is 0 Å². The Balaban J connectivity index is 1.15. The molecule has 0 N–H and O–H groups in total.